The Bertz CT molecular complexity index is 1090. The summed E-state index contributed by atoms with van der Waals surface area (Å²) in [6.45, 7) is 0.327. The van der Waals surface area contributed by atoms with Gasteiger partial charge in [-0.05, 0) is 37.1 Å². The number of aliphatic imine (C=N–C) groups is 1. The van der Waals surface area contributed by atoms with E-state index >= 15 is 0 Å². The molecule has 1 aliphatic carbocycles. The first-order chi connectivity index (χ1) is 14.3. The lowest BCUT2D eigenvalue weighted by Gasteiger charge is -2.38. The number of sulfonamides is 1. The van der Waals surface area contributed by atoms with Crippen molar-refractivity contribution in [2.45, 2.75) is 23.8 Å². The van der Waals surface area contributed by atoms with Crippen molar-refractivity contribution in [3.8, 4) is 5.75 Å². The lowest BCUT2D eigenvalue weighted by molar-refractivity contribution is -0.131. The van der Waals surface area contributed by atoms with E-state index in [4.69, 9.17) is 16.3 Å². The molecular weight excluding hydrogens is 430 g/mol. The molecule has 0 spiro atoms. The van der Waals surface area contributed by atoms with Crippen molar-refractivity contribution in [3.63, 3.8) is 0 Å². The average Bonchev–Trinajstić information content (AvgIpc) is 2.74. The van der Waals surface area contributed by atoms with Gasteiger partial charge in [0, 0.05) is 24.2 Å². The summed E-state index contributed by atoms with van der Waals surface area (Å²) in [4.78, 5) is 30.6. The summed E-state index contributed by atoms with van der Waals surface area (Å²) in [6, 6.07) is 3.43. The average molecular weight is 450 g/mol. The second-order valence-corrected chi connectivity index (χ2v) is 9.52. The molecular formula is C20H20ClN3O5S. The Morgan fingerprint density at radius 3 is 2.60 bits per heavy atom. The predicted molar refractivity (Wildman–Crippen MR) is 111 cm³/mol. The van der Waals surface area contributed by atoms with Gasteiger partial charge < -0.3 is 4.74 Å². The molecule has 8 nitrogen and oxygen atoms in total. The SMILES string of the molecule is COc1ccc(Cl)cc1S(=O)(=O)N1CCC(N2C(=O)N=C3C=CC=CC3C2=O)CC1. The van der Waals surface area contributed by atoms with Gasteiger partial charge in [0.1, 0.15) is 10.6 Å². The van der Waals surface area contributed by atoms with Gasteiger partial charge in [-0.3, -0.25) is 9.69 Å². The highest BCUT2D eigenvalue weighted by Gasteiger charge is 2.42. The maximum Gasteiger partial charge on any atom is 0.350 e. The number of fused-ring (bicyclic) bond motifs is 1. The predicted octanol–water partition coefficient (Wildman–Crippen LogP) is 2.65. The fraction of sp³-hybridized carbons (Fsp3) is 0.350. The van der Waals surface area contributed by atoms with E-state index in [9.17, 15) is 18.0 Å². The maximum atomic E-state index is 13.1. The van der Waals surface area contributed by atoms with Crippen molar-refractivity contribution in [1.29, 1.82) is 0 Å². The number of carbonyl (C=O) groups is 2. The van der Waals surface area contributed by atoms with Crippen molar-refractivity contribution in [3.05, 3.63) is 47.5 Å². The van der Waals surface area contributed by atoms with Gasteiger partial charge in [-0.25, -0.2) is 13.2 Å². The first-order valence-corrected chi connectivity index (χ1v) is 11.3. The number of allylic oxidation sites excluding steroid dienone is 3. The Hall–Kier alpha value is -2.49. The van der Waals surface area contributed by atoms with E-state index in [-0.39, 0.29) is 34.7 Å². The van der Waals surface area contributed by atoms with E-state index < -0.39 is 28.0 Å². The van der Waals surface area contributed by atoms with E-state index in [1.807, 2.05) is 0 Å². The molecule has 3 amide bonds. The number of hydrogen-bond acceptors (Lipinski definition) is 5. The molecule has 2 aliphatic heterocycles. The third kappa shape index (κ3) is 3.57. The van der Waals surface area contributed by atoms with Gasteiger partial charge in [-0.15, -0.1) is 0 Å². The summed E-state index contributed by atoms with van der Waals surface area (Å²) in [5.74, 6) is -0.671. The van der Waals surface area contributed by atoms with Crippen LogP contribution in [0.4, 0.5) is 4.79 Å². The second kappa shape index (κ2) is 7.98. The fourth-order valence-corrected chi connectivity index (χ4v) is 5.81. The number of urea groups is 1. The Balaban J connectivity index is 1.52. The number of rotatable bonds is 4. The normalized spacial score (nSPS) is 22.8. The molecule has 0 N–H and O–H groups in total. The summed E-state index contributed by atoms with van der Waals surface area (Å²) in [7, 11) is -2.45. The van der Waals surface area contributed by atoms with Gasteiger partial charge in [-0.2, -0.15) is 9.30 Å². The highest BCUT2D eigenvalue weighted by atomic mass is 35.5. The van der Waals surface area contributed by atoms with Crippen LogP contribution in [0.1, 0.15) is 12.8 Å². The molecule has 0 radical (unpaired) electrons. The Morgan fingerprint density at radius 1 is 1.17 bits per heavy atom. The Morgan fingerprint density at radius 2 is 1.90 bits per heavy atom. The number of halogens is 1. The zero-order valence-electron chi connectivity index (χ0n) is 16.2. The summed E-state index contributed by atoms with van der Waals surface area (Å²) in [5, 5.41) is 0.289. The van der Waals surface area contributed by atoms with Crippen LogP contribution in [0.5, 0.6) is 5.75 Å². The van der Waals surface area contributed by atoms with Gasteiger partial charge in [0.15, 0.2) is 0 Å². The summed E-state index contributed by atoms with van der Waals surface area (Å²) in [5.41, 5.74) is 0.441. The van der Waals surface area contributed by atoms with E-state index in [0.717, 1.165) is 0 Å². The lowest BCUT2D eigenvalue weighted by atomic mass is 9.93. The van der Waals surface area contributed by atoms with Crippen LogP contribution in [-0.2, 0) is 14.8 Å². The number of piperidine rings is 1. The van der Waals surface area contributed by atoms with E-state index in [1.165, 1.54) is 28.4 Å². The number of amides is 3. The third-order valence-electron chi connectivity index (χ3n) is 5.47. The molecule has 10 heteroatoms. The Labute approximate surface area is 179 Å². The lowest BCUT2D eigenvalue weighted by Crippen LogP contribution is -2.54. The molecule has 158 valence electrons. The van der Waals surface area contributed by atoms with Gasteiger partial charge in [0.05, 0.1) is 18.7 Å². The van der Waals surface area contributed by atoms with Crippen molar-refractivity contribution < 1.29 is 22.7 Å². The minimum Gasteiger partial charge on any atom is -0.495 e. The van der Waals surface area contributed by atoms with Crippen LogP contribution in [0.15, 0.2) is 52.4 Å². The molecule has 1 atom stereocenters. The minimum atomic E-state index is -3.84. The van der Waals surface area contributed by atoms with E-state index in [2.05, 4.69) is 4.99 Å². The zero-order chi connectivity index (χ0) is 21.5. The van der Waals surface area contributed by atoms with Crippen molar-refractivity contribution in [2.24, 2.45) is 10.9 Å². The Kier molecular flexibility index (Phi) is 5.52. The molecule has 4 rings (SSSR count). The smallest absolute Gasteiger partial charge is 0.350 e. The third-order valence-corrected chi connectivity index (χ3v) is 7.62. The highest BCUT2D eigenvalue weighted by molar-refractivity contribution is 7.89. The van der Waals surface area contributed by atoms with Crippen molar-refractivity contribution in [2.75, 3.05) is 20.2 Å². The molecule has 3 aliphatic rings. The van der Waals surface area contributed by atoms with E-state index in [1.54, 1.807) is 30.4 Å². The summed E-state index contributed by atoms with van der Waals surface area (Å²) >= 11 is 5.99. The number of hydrogen-bond donors (Lipinski definition) is 0. The molecule has 0 bridgehead atoms. The number of imide groups is 1. The van der Waals surface area contributed by atoms with Crippen LogP contribution in [0.25, 0.3) is 0 Å². The first-order valence-electron chi connectivity index (χ1n) is 9.47. The quantitative estimate of drug-likeness (QED) is 0.704. The monoisotopic (exact) mass is 449 g/mol. The molecule has 1 aromatic carbocycles. The van der Waals surface area contributed by atoms with Crippen molar-refractivity contribution in [1.82, 2.24) is 9.21 Å². The standard InChI is InChI=1S/C20H20ClN3O5S/c1-29-17-7-6-13(21)12-18(17)30(27,28)23-10-8-14(9-11-23)24-19(25)15-4-2-3-5-16(15)22-20(24)26/h2-7,12,14-15H,8-11H2,1H3. The van der Waals surface area contributed by atoms with E-state index in [0.29, 0.717) is 18.6 Å². The first kappa shape index (κ1) is 20.8. The number of carbonyl (C=O) groups excluding carboxylic acids is 2. The molecule has 1 aromatic rings. The molecule has 1 unspecified atom stereocenters. The minimum absolute atomic E-state index is 0.00514. The van der Waals surface area contributed by atoms with Gasteiger partial charge in [-0.1, -0.05) is 29.8 Å². The van der Waals surface area contributed by atoms with Crippen LogP contribution >= 0.6 is 11.6 Å². The van der Waals surface area contributed by atoms with Gasteiger partial charge in [0.2, 0.25) is 15.9 Å². The molecule has 2 heterocycles. The number of benzene rings is 1. The van der Waals surface area contributed by atoms with Crippen LogP contribution in [0, 0.1) is 5.92 Å². The molecule has 0 aromatic heterocycles. The van der Waals surface area contributed by atoms with Crippen LogP contribution in [0.2, 0.25) is 5.02 Å². The molecule has 1 fully saturated rings. The van der Waals surface area contributed by atoms with Crippen molar-refractivity contribution >= 4 is 39.3 Å². The highest BCUT2D eigenvalue weighted by Crippen LogP contribution is 2.32. The topological polar surface area (TPSA) is 96.4 Å². The fourth-order valence-electron chi connectivity index (χ4n) is 3.92. The zero-order valence-corrected chi connectivity index (χ0v) is 17.8. The van der Waals surface area contributed by atoms with Crippen LogP contribution in [-0.4, -0.2) is 61.5 Å². The van der Waals surface area contributed by atoms with Gasteiger partial charge >= 0.3 is 6.03 Å². The second-order valence-electron chi connectivity index (χ2n) is 7.18. The molecule has 0 saturated carbocycles. The van der Waals surface area contributed by atoms with Crippen LogP contribution < -0.4 is 4.74 Å². The number of nitrogens with zero attached hydrogens (tertiary/aromatic N) is 3. The van der Waals surface area contributed by atoms with Crippen LogP contribution in [0.3, 0.4) is 0 Å². The summed E-state index contributed by atoms with van der Waals surface area (Å²) in [6.07, 6.45) is 7.52. The molecule has 1 saturated heterocycles. The largest absolute Gasteiger partial charge is 0.495 e. The molecule has 30 heavy (non-hydrogen) atoms. The van der Waals surface area contributed by atoms with Gasteiger partial charge in [0.25, 0.3) is 0 Å². The number of methoxy groups -OCH3 is 1. The number of ether oxygens (including phenoxy) is 1. The maximum absolute atomic E-state index is 13.1. The summed E-state index contributed by atoms with van der Waals surface area (Å²) < 4.78 is 32.8.